The predicted octanol–water partition coefficient (Wildman–Crippen LogP) is 3.57. The first kappa shape index (κ1) is 8.89. The molecule has 0 amide bonds. The first-order valence-corrected chi connectivity index (χ1v) is 7.04. The van der Waals surface area contributed by atoms with Crippen LogP contribution in [0.2, 0.25) is 0 Å². The molecule has 1 aliphatic rings. The van der Waals surface area contributed by atoms with Crippen molar-refractivity contribution in [2.24, 2.45) is 0 Å². The molecule has 0 nitrogen and oxygen atoms in total. The number of fused-ring (bicyclic) bond motifs is 1. The van der Waals surface area contributed by atoms with Gasteiger partial charge in [0, 0.05) is 0 Å². The van der Waals surface area contributed by atoms with Crippen LogP contribution in [0.15, 0.2) is 40.6 Å². The second-order valence-corrected chi connectivity index (χ2v) is 7.23. The second-order valence-electron chi connectivity index (χ2n) is 3.63. The first-order valence-electron chi connectivity index (χ1n) is 4.77. The minimum atomic E-state index is -0.618. The third kappa shape index (κ3) is 1.42. The summed E-state index contributed by atoms with van der Waals surface area (Å²) in [5.74, 6) is 1.26. The van der Waals surface area contributed by atoms with Crippen LogP contribution in [0.3, 0.4) is 0 Å². The van der Waals surface area contributed by atoms with Crippen molar-refractivity contribution >= 4 is 10.0 Å². The topological polar surface area (TPSA) is 0 Å². The summed E-state index contributed by atoms with van der Waals surface area (Å²) in [4.78, 5) is 1.60. The summed E-state index contributed by atoms with van der Waals surface area (Å²) in [5, 5.41) is 2.44. The van der Waals surface area contributed by atoms with Gasteiger partial charge in [-0.2, -0.15) is 10.0 Å². The highest BCUT2D eigenvalue weighted by Gasteiger charge is 2.20. The number of hydrogen-bond acceptors (Lipinski definition) is 0. The molecule has 13 heavy (non-hydrogen) atoms. The van der Waals surface area contributed by atoms with Crippen LogP contribution < -0.4 is 0 Å². The molecule has 1 aromatic rings. The van der Waals surface area contributed by atoms with Crippen molar-refractivity contribution in [1.29, 1.82) is 0 Å². The highest BCUT2D eigenvalue weighted by atomic mass is 32.3. The molecular formula is C12H16S. The zero-order valence-corrected chi connectivity index (χ0v) is 9.10. The minimum absolute atomic E-state index is 0.618. The second kappa shape index (κ2) is 3.22. The Morgan fingerprint density at radius 1 is 1.31 bits per heavy atom. The smallest absolute Gasteiger partial charge is 0.00315 e. The quantitative estimate of drug-likeness (QED) is 0.638. The molecule has 0 N–H and O–H groups in total. The van der Waals surface area contributed by atoms with Crippen molar-refractivity contribution in [3.8, 4) is 0 Å². The Morgan fingerprint density at radius 3 is 2.85 bits per heavy atom. The van der Waals surface area contributed by atoms with Gasteiger partial charge in [0.2, 0.25) is 0 Å². The molecule has 1 aromatic carbocycles. The van der Waals surface area contributed by atoms with Crippen LogP contribution in [-0.2, 0) is 6.42 Å². The van der Waals surface area contributed by atoms with Crippen molar-refractivity contribution in [3.63, 3.8) is 0 Å². The fourth-order valence-corrected chi connectivity index (χ4v) is 4.15. The van der Waals surface area contributed by atoms with Crippen LogP contribution in [0.5, 0.6) is 0 Å². The molecule has 0 fully saturated rings. The highest BCUT2D eigenvalue weighted by molar-refractivity contribution is 8.35. The Bertz CT molecular complexity index is 341. The maximum atomic E-state index is 2.44. The van der Waals surface area contributed by atoms with Crippen LogP contribution in [-0.4, -0.2) is 12.0 Å². The van der Waals surface area contributed by atoms with E-state index in [1.54, 1.807) is 4.90 Å². The van der Waals surface area contributed by atoms with Gasteiger partial charge in [-0.15, -0.1) is 0 Å². The van der Waals surface area contributed by atoms with E-state index in [9.17, 15) is 0 Å². The lowest BCUT2D eigenvalue weighted by atomic mass is 10.1. The molecule has 0 aliphatic carbocycles. The molecule has 0 spiro atoms. The van der Waals surface area contributed by atoms with Gasteiger partial charge in [0.1, 0.15) is 0 Å². The van der Waals surface area contributed by atoms with Gasteiger partial charge < -0.3 is 0 Å². The van der Waals surface area contributed by atoms with E-state index in [2.05, 4.69) is 48.9 Å². The summed E-state index contributed by atoms with van der Waals surface area (Å²) in [7, 11) is -0.618. The molecule has 0 bridgehead atoms. The number of hydrogen-bond donors (Lipinski definition) is 0. The lowest BCUT2D eigenvalue weighted by molar-refractivity contribution is 1.15. The molecule has 1 heterocycles. The van der Waals surface area contributed by atoms with Gasteiger partial charge in [0.25, 0.3) is 0 Å². The van der Waals surface area contributed by atoms with Gasteiger partial charge in [-0.3, -0.25) is 0 Å². The van der Waals surface area contributed by atoms with Gasteiger partial charge in [-0.05, 0) is 40.4 Å². The molecule has 1 aliphatic heterocycles. The zero-order valence-electron chi connectivity index (χ0n) is 8.29. The van der Waals surface area contributed by atoms with Crippen molar-refractivity contribution in [2.45, 2.75) is 18.2 Å². The van der Waals surface area contributed by atoms with Gasteiger partial charge >= 0.3 is 0 Å². The standard InChI is InChI=1S/C12H16S/c1-3-13(2)10-6-8-11-7-4-5-9-12(11)13/h4-7,9-10H,3,8H2,1-2H3. The van der Waals surface area contributed by atoms with E-state index < -0.39 is 10.0 Å². The Hall–Kier alpha value is -0.690. The number of allylic oxidation sites excluding steroid dienone is 1. The van der Waals surface area contributed by atoms with E-state index in [-0.39, 0.29) is 0 Å². The Balaban J connectivity index is 2.54. The first-order chi connectivity index (χ1) is 6.26. The van der Waals surface area contributed by atoms with E-state index in [0.717, 1.165) is 6.42 Å². The molecule has 0 aromatic heterocycles. The van der Waals surface area contributed by atoms with Crippen molar-refractivity contribution in [1.82, 2.24) is 0 Å². The number of rotatable bonds is 1. The predicted molar refractivity (Wildman–Crippen MR) is 61.6 cm³/mol. The Kier molecular flexibility index (Phi) is 2.20. The van der Waals surface area contributed by atoms with Gasteiger partial charge in [0.15, 0.2) is 0 Å². The average Bonchev–Trinajstić information content (AvgIpc) is 2.19. The summed E-state index contributed by atoms with van der Waals surface area (Å²) in [6, 6.07) is 8.88. The monoisotopic (exact) mass is 192 g/mol. The molecule has 1 heteroatoms. The molecule has 0 saturated carbocycles. The molecule has 0 radical (unpaired) electrons. The molecular weight excluding hydrogens is 176 g/mol. The van der Waals surface area contributed by atoms with Gasteiger partial charge in [-0.25, -0.2) is 0 Å². The van der Waals surface area contributed by atoms with E-state index in [0.29, 0.717) is 0 Å². The van der Waals surface area contributed by atoms with Gasteiger partial charge in [-0.1, -0.05) is 31.2 Å². The van der Waals surface area contributed by atoms with Crippen molar-refractivity contribution in [2.75, 3.05) is 12.0 Å². The van der Waals surface area contributed by atoms with Crippen molar-refractivity contribution < 1.29 is 0 Å². The third-order valence-corrected chi connectivity index (χ3v) is 6.20. The Morgan fingerprint density at radius 2 is 2.08 bits per heavy atom. The largest absolute Gasteiger partial charge is 0.198 e. The summed E-state index contributed by atoms with van der Waals surface area (Å²) in [6.45, 7) is 2.29. The normalized spacial score (nSPS) is 30.6. The maximum absolute atomic E-state index is 2.44. The fraction of sp³-hybridized carbons (Fsp3) is 0.333. The van der Waals surface area contributed by atoms with E-state index in [1.807, 2.05) is 0 Å². The lowest BCUT2D eigenvalue weighted by Gasteiger charge is -2.36. The maximum Gasteiger partial charge on any atom is -0.00315 e. The average molecular weight is 192 g/mol. The minimum Gasteiger partial charge on any atom is -0.198 e. The molecule has 0 saturated heterocycles. The molecule has 1 unspecified atom stereocenters. The fourth-order valence-electron chi connectivity index (χ4n) is 1.84. The highest BCUT2D eigenvalue weighted by Crippen LogP contribution is 2.56. The van der Waals surface area contributed by atoms with E-state index in [1.165, 1.54) is 11.3 Å². The third-order valence-electron chi connectivity index (χ3n) is 2.81. The molecule has 70 valence electrons. The summed E-state index contributed by atoms with van der Waals surface area (Å²) in [5.41, 5.74) is 1.53. The van der Waals surface area contributed by atoms with Crippen LogP contribution in [0, 0.1) is 0 Å². The lowest BCUT2D eigenvalue weighted by Crippen LogP contribution is -2.05. The van der Waals surface area contributed by atoms with Crippen LogP contribution in [0.4, 0.5) is 0 Å². The summed E-state index contributed by atoms with van der Waals surface area (Å²) >= 11 is 0. The SMILES string of the molecule is CCS1(C)C=CCc2ccccc21. The van der Waals surface area contributed by atoms with Crippen LogP contribution in [0.1, 0.15) is 12.5 Å². The van der Waals surface area contributed by atoms with Crippen LogP contribution in [0.25, 0.3) is 0 Å². The molecule has 1 atom stereocenters. The van der Waals surface area contributed by atoms with E-state index in [4.69, 9.17) is 0 Å². The number of benzene rings is 1. The van der Waals surface area contributed by atoms with Crippen LogP contribution >= 0.6 is 10.0 Å². The summed E-state index contributed by atoms with van der Waals surface area (Å²) < 4.78 is 0. The molecule has 2 rings (SSSR count). The van der Waals surface area contributed by atoms with Crippen molar-refractivity contribution in [3.05, 3.63) is 41.3 Å². The Labute approximate surface area is 82.0 Å². The van der Waals surface area contributed by atoms with E-state index >= 15 is 0 Å². The van der Waals surface area contributed by atoms with Gasteiger partial charge in [0.05, 0.1) is 0 Å². The summed E-state index contributed by atoms with van der Waals surface area (Å²) in [6.07, 6.45) is 5.86. The zero-order chi connectivity index (χ0) is 9.31.